The molecule has 7 heteroatoms. The van der Waals surface area contributed by atoms with Crippen LogP contribution in [0, 0.1) is 5.92 Å². The monoisotopic (exact) mass is 410 g/mol. The van der Waals surface area contributed by atoms with Crippen LogP contribution in [0.2, 0.25) is 0 Å². The van der Waals surface area contributed by atoms with Gasteiger partial charge in [-0.15, -0.1) is 0 Å². The first-order chi connectivity index (χ1) is 13.2. The van der Waals surface area contributed by atoms with Gasteiger partial charge >= 0.3 is 0 Å². The first-order valence-corrected chi connectivity index (χ1v) is 11.9. The Morgan fingerprint density at radius 1 is 1.14 bits per heavy atom. The van der Waals surface area contributed by atoms with Gasteiger partial charge in [0.25, 0.3) is 5.91 Å². The predicted octanol–water partition coefficient (Wildman–Crippen LogP) is 1.25. The van der Waals surface area contributed by atoms with E-state index in [1.807, 2.05) is 12.1 Å². The van der Waals surface area contributed by atoms with Gasteiger partial charge in [0.15, 0.2) is 6.54 Å². The van der Waals surface area contributed by atoms with E-state index in [-0.39, 0.29) is 5.91 Å². The molecule has 0 saturated carbocycles. The fourth-order valence-electron chi connectivity index (χ4n) is 3.36. The van der Waals surface area contributed by atoms with Crippen LogP contribution < -0.4 is 10.2 Å². The molecular weight excluding hydrogens is 374 g/mol. The van der Waals surface area contributed by atoms with Crippen LogP contribution in [-0.4, -0.2) is 57.9 Å². The fourth-order valence-corrected chi connectivity index (χ4v) is 4.80. The third-order valence-corrected chi connectivity index (χ3v) is 7.50. The van der Waals surface area contributed by atoms with E-state index in [1.54, 1.807) is 16.4 Å². The molecule has 0 radical (unpaired) electrons. The van der Waals surface area contributed by atoms with Crippen LogP contribution in [0.4, 0.5) is 0 Å². The number of hydrogen-bond donors (Lipinski definition) is 2. The number of nitrogens with zero attached hydrogens (tertiary/aromatic N) is 1. The molecule has 1 aromatic rings. The highest BCUT2D eigenvalue weighted by Gasteiger charge is 2.31. The summed E-state index contributed by atoms with van der Waals surface area (Å²) in [5.74, 6) is 1.05. The molecule has 1 amide bonds. The maximum absolute atomic E-state index is 12.9. The summed E-state index contributed by atoms with van der Waals surface area (Å²) < 4.78 is 27.4. The van der Waals surface area contributed by atoms with E-state index < -0.39 is 10.0 Å². The molecule has 2 rings (SSSR count). The molecule has 0 spiro atoms. The van der Waals surface area contributed by atoms with E-state index in [4.69, 9.17) is 0 Å². The van der Waals surface area contributed by atoms with Gasteiger partial charge in [-0.2, -0.15) is 4.31 Å². The Labute approximate surface area is 170 Å². The summed E-state index contributed by atoms with van der Waals surface area (Å²) in [5.41, 5.74) is 1.17. The number of nitrogens with one attached hydrogen (secondary N) is 2. The zero-order valence-corrected chi connectivity index (χ0v) is 18.5. The van der Waals surface area contributed by atoms with Crippen molar-refractivity contribution in [3.63, 3.8) is 0 Å². The molecule has 1 atom stereocenters. The minimum absolute atomic E-state index is 0.0487. The molecule has 0 bridgehead atoms. The summed E-state index contributed by atoms with van der Waals surface area (Å²) in [6.45, 7) is 11.9. The summed E-state index contributed by atoms with van der Waals surface area (Å²) >= 11 is 0. The second-order valence-electron chi connectivity index (χ2n) is 8.24. The van der Waals surface area contributed by atoms with Crippen LogP contribution in [0.3, 0.4) is 0 Å². The van der Waals surface area contributed by atoms with Gasteiger partial charge in [-0.25, -0.2) is 8.42 Å². The highest BCUT2D eigenvalue weighted by Crippen LogP contribution is 2.22. The number of quaternary nitrogens is 1. The smallest absolute Gasteiger partial charge is 0.275 e. The van der Waals surface area contributed by atoms with Crippen LogP contribution in [0.15, 0.2) is 29.2 Å². The van der Waals surface area contributed by atoms with E-state index in [2.05, 4.69) is 33.0 Å². The van der Waals surface area contributed by atoms with Gasteiger partial charge in [0.1, 0.15) is 0 Å². The summed E-state index contributed by atoms with van der Waals surface area (Å²) in [5, 5.41) is 2.96. The van der Waals surface area contributed by atoms with Crippen molar-refractivity contribution < 1.29 is 18.1 Å². The lowest BCUT2D eigenvalue weighted by atomic mass is 9.99. The van der Waals surface area contributed by atoms with Crippen LogP contribution >= 0.6 is 0 Å². The average Bonchev–Trinajstić information content (AvgIpc) is 2.67. The number of carbonyl (C=O) groups excluding carboxylic acids is 1. The minimum atomic E-state index is -3.47. The maximum atomic E-state index is 12.9. The molecule has 6 nitrogen and oxygen atoms in total. The third kappa shape index (κ3) is 6.29. The number of hydrogen-bond acceptors (Lipinski definition) is 3. The van der Waals surface area contributed by atoms with Gasteiger partial charge in [-0.3, -0.25) is 4.79 Å². The normalized spacial score (nSPS) is 17.6. The zero-order chi connectivity index (χ0) is 20.7. The number of piperazine rings is 1. The topological polar surface area (TPSA) is 70.9 Å². The Hall–Kier alpha value is -1.44. The van der Waals surface area contributed by atoms with Gasteiger partial charge in [-0.05, 0) is 42.4 Å². The molecule has 1 fully saturated rings. The van der Waals surface area contributed by atoms with Crippen LogP contribution in [0.1, 0.15) is 52.0 Å². The summed E-state index contributed by atoms with van der Waals surface area (Å²) in [6.07, 6.45) is 2.00. The van der Waals surface area contributed by atoms with Crippen molar-refractivity contribution in [2.45, 2.75) is 51.3 Å². The zero-order valence-electron chi connectivity index (χ0n) is 17.7. The van der Waals surface area contributed by atoms with Gasteiger partial charge < -0.3 is 10.2 Å². The number of rotatable bonds is 9. The second kappa shape index (κ2) is 10.4. The third-order valence-electron chi connectivity index (χ3n) is 5.58. The van der Waals surface area contributed by atoms with E-state index >= 15 is 0 Å². The van der Waals surface area contributed by atoms with Crippen molar-refractivity contribution in [2.24, 2.45) is 5.92 Å². The van der Waals surface area contributed by atoms with Crippen molar-refractivity contribution >= 4 is 15.9 Å². The van der Waals surface area contributed by atoms with Crippen molar-refractivity contribution in [1.82, 2.24) is 9.62 Å². The summed E-state index contributed by atoms with van der Waals surface area (Å²) in [6, 6.07) is 7.28. The van der Waals surface area contributed by atoms with Crippen LogP contribution in [-0.2, 0) is 14.8 Å². The Morgan fingerprint density at radius 3 is 2.29 bits per heavy atom. The van der Waals surface area contributed by atoms with E-state index in [1.165, 1.54) is 5.56 Å². The molecule has 28 heavy (non-hydrogen) atoms. The molecule has 1 aliphatic rings. The lowest BCUT2D eigenvalue weighted by Crippen LogP contribution is -3.15. The fraction of sp³-hybridized carbons (Fsp3) is 0.667. The molecule has 1 heterocycles. The second-order valence-corrected chi connectivity index (χ2v) is 10.2. The SMILES string of the molecule is CC[C@@H](C)c1ccc(S(=O)(=O)N2CC[NH+](CC(=O)NCCC(C)C)CC2)cc1. The number of sulfonamides is 1. The molecule has 1 aliphatic heterocycles. The van der Waals surface area contributed by atoms with Gasteiger partial charge in [0, 0.05) is 6.54 Å². The van der Waals surface area contributed by atoms with Gasteiger partial charge in [-0.1, -0.05) is 39.8 Å². The van der Waals surface area contributed by atoms with Crippen molar-refractivity contribution in [2.75, 3.05) is 39.3 Å². The molecule has 0 aromatic heterocycles. The lowest BCUT2D eigenvalue weighted by Gasteiger charge is -2.31. The van der Waals surface area contributed by atoms with Crippen molar-refractivity contribution in [1.29, 1.82) is 0 Å². The Morgan fingerprint density at radius 2 is 1.75 bits per heavy atom. The summed E-state index contributed by atoms with van der Waals surface area (Å²) in [4.78, 5) is 13.5. The largest absolute Gasteiger partial charge is 0.351 e. The Bertz CT molecular complexity index is 724. The van der Waals surface area contributed by atoms with Crippen LogP contribution in [0.25, 0.3) is 0 Å². The van der Waals surface area contributed by atoms with Gasteiger partial charge in [0.2, 0.25) is 10.0 Å². The number of benzene rings is 1. The first kappa shape index (κ1) is 22.8. The average molecular weight is 411 g/mol. The molecule has 0 unspecified atom stereocenters. The number of amides is 1. The highest BCUT2D eigenvalue weighted by atomic mass is 32.2. The molecule has 2 N–H and O–H groups in total. The van der Waals surface area contributed by atoms with E-state index in [9.17, 15) is 13.2 Å². The highest BCUT2D eigenvalue weighted by molar-refractivity contribution is 7.89. The molecule has 1 saturated heterocycles. The Kier molecular flexibility index (Phi) is 8.46. The van der Waals surface area contributed by atoms with Crippen LogP contribution in [0.5, 0.6) is 0 Å². The lowest BCUT2D eigenvalue weighted by molar-refractivity contribution is -0.895. The molecule has 158 valence electrons. The summed E-state index contributed by atoms with van der Waals surface area (Å²) in [7, 11) is -3.47. The van der Waals surface area contributed by atoms with Gasteiger partial charge in [0.05, 0.1) is 31.1 Å². The molecule has 1 aromatic carbocycles. The quantitative estimate of drug-likeness (QED) is 0.644. The van der Waals surface area contributed by atoms with E-state index in [0.29, 0.717) is 56.0 Å². The minimum Gasteiger partial charge on any atom is -0.351 e. The Balaban J connectivity index is 1.87. The predicted molar refractivity (Wildman–Crippen MR) is 112 cm³/mol. The van der Waals surface area contributed by atoms with Crippen molar-refractivity contribution in [3.05, 3.63) is 29.8 Å². The number of carbonyl (C=O) groups is 1. The first-order valence-electron chi connectivity index (χ1n) is 10.4. The van der Waals surface area contributed by atoms with Crippen molar-refractivity contribution in [3.8, 4) is 0 Å². The maximum Gasteiger partial charge on any atom is 0.275 e. The van der Waals surface area contributed by atoms with E-state index in [0.717, 1.165) is 17.7 Å². The molecule has 0 aliphatic carbocycles. The standard InChI is InChI=1S/C21H35N3O3S/c1-5-18(4)19-6-8-20(9-7-19)28(26,27)24-14-12-23(13-15-24)16-21(25)22-11-10-17(2)3/h6-9,17-18H,5,10-16H2,1-4H3,(H,22,25)/p+1/t18-/m1/s1. The molecular formula is C21H36N3O3S+.